The van der Waals surface area contributed by atoms with E-state index in [0.717, 1.165) is 44.5 Å². The summed E-state index contributed by atoms with van der Waals surface area (Å²) in [4.78, 5) is 0. The molecule has 28 heavy (non-hydrogen) atoms. The number of benzene rings is 1. The van der Waals surface area contributed by atoms with Crippen LogP contribution in [0.5, 0.6) is 0 Å². The van der Waals surface area contributed by atoms with Crippen LogP contribution in [0.4, 0.5) is 4.39 Å². The van der Waals surface area contributed by atoms with Gasteiger partial charge in [-0.3, -0.25) is 0 Å². The first-order valence-electron chi connectivity index (χ1n) is 10.7. The van der Waals surface area contributed by atoms with Gasteiger partial charge in [0.1, 0.15) is 11.9 Å². The highest BCUT2D eigenvalue weighted by atomic mass is 19.1. The molecule has 1 saturated heterocycles. The molecule has 1 aliphatic heterocycles. The fourth-order valence-corrected chi connectivity index (χ4v) is 4.46. The molecule has 0 bridgehead atoms. The molecule has 0 unspecified atom stereocenters. The molecule has 2 aliphatic rings. The number of hydrogen-bond donors (Lipinski definition) is 0. The summed E-state index contributed by atoms with van der Waals surface area (Å²) in [5, 5.41) is 8.88. The zero-order valence-corrected chi connectivity index (χ0v) is 16.9. The second-order valence-corrected chi connectivity index (χ2v) is 8.22. The van der Waals surface area contributed by atoms with Gasteiger partial charge in [-0.25, -0.2) is 4.39 Å². The minimum atomic E-state index is -0.405. The van der Waals surface area contributed by atoms with E-state index in [9.17, 15) is 4.39 Å². The summed E-state index contributed by atoms with van der Waals surface area (Å²) in [6.45, 7) is 3.70. The number of nitriles is 1. The number of hydrogen-bond acceptors (Lipinski definition) is 3. The maximum absolute atomic E-state index is 13.9. The van der Waals surface area contributed by atoms with Crippen molar-refractivity contribution in [3.05, 3.63) is 47.3 Å². The Bertz CT molecular complexity index is 680. The molecule has 1 heterocycles. The first-order chi connectivity index (χ1) is 13.7. The molecular formula is C24H32FNO2. The molecule has 4 heteroatoms. The van der Waals surface area contributed by atoms with Gasteiger partial charge in [-0.2, -0.15) is 5.26 Å². The lowest BCUT2D eigenvalue weighted by atomic mass is 9.78. The van der Waals surface area contributed by atoms with E-state index in [4.69, 9.17) is 14.7 Å². The molecule has 0 N–H and O–H groups in total. The van der Waals surface area contributed by atoms with Crippen LogP contribution in [0, 0.1) is 29.0 Å². The van der Waals surface area contributed by atoms with Gasteiger partial charge < -0.3 is 9.47 Å². The molecule has 0 radical (unpaired) electrons. The summed E-state index contributed by atoms with van der Waals surface area (Å²) in [5.41, 5.74) is 1.14. The first-order valence-corrected chi connectivity index (χ1v) is 10.7. The van der Waals surface area contributed by atoms with Gasteiger partial charge in [0.05, 0.1) is 18.8 Å². The molecule has 1 aromatic carbocycles. The highest BCUT2D eigenvalue weighted by Crippen LogP contribution is 2.39. The van der Waals surface area contributed by atoms with Crippen molar-refractivity contribution >= 4 is 0 Å². The second-order valence-electron chi connectivity index (χ2n) is 8.22. The number of unbranched alkanes of at least 4 members (excludes halogenated alkanes) is 2. The fourth-order valence-electron chi connectivity index (χ4n) is 4.46. The lowest BCUT2D eigenvalue weighted by Crippen LogP contribution is -2.38. The van der Waals surface area contributed by atoms with E-state index in [0.29, 0.717) is 17.8 Å². The molecule has 0 spiro atoms. The number of allylic oxidation sites excluding steroid dienone is 2. The number of rotatable bonds is 7. The van der Waals surface area contributed by atoms with Crippen LogP contribution in [0.3, 0.4) is 0 Å². The Morgan fingerprint density at radius 3 is 2.54 bits per heavy atom. The SMILES string of the molecule is C/C=C/CCCCC1COC(C2CCC(c3ccc(C#N)c(F)c3)CC2)OC1. The molecule has 1 aliphatic carbocycles. The Morgan fingerprint density at radius 2 is 1.89 bits per heavy atom. The average molecular weight is 386 g/mol. The van der Waals surface area contributed by atoms with Crippen LogP contribution >= 0.6 is 0 Å². The predicted molar refractivity (Wildman–Crippen MR) is 108 cm³/mol. The standard InChI is InChI=1S/C24H32FNO2/c1-2-3-4-5-6-7-18-16-27-24(28-17-18)20-10-8-19(9-11-20)21-12-13-22(15-26)23(25)14-21/h2-3,12-14,18-20,24H,4-11,16-17H2,1H3/b3-2+. The highest BCUT2D eigenvalue weighted by molar-refractivity contribution is 5.34. The molecule has 3 rings (SSSR count). The van der Waals surface area contributed by atoms with Crippen LogP contribution in [0.25, 0.3) is 0 Å². The second kappa shape index (κ2) is 10.7. The van der Waals surface area contributed by atoms with Crippen LogP contribution in [-0.2, 0) is 9.47 Å². The summed E-state index contributed by atoms with van der Waals surface area (Å²) >= 11 is 0. The molecule has 0 atom stereocenters. The van der Waals surface area contributed by atoms with E-state index < -0.39 is 5.82 Å². The van der Waals surface area contributed by atoms with Crippen molar-refractivity contribution in [3.8, 4) is 6.07 Å². The monoisotopic (exact) mass is 385 g/mol. The van der Waals surface area contributed by atoms with Gasteiger partial charge in [0.15, 0.2) is 6.29 Å². The van der Waals surface area contributed by atoms with Gasteiger partial charge in [-0.1, -0.05) is 24.6 Å². The van der Waals surface area contributed by atoms with Crippen molar-refractivity contribution in [1.82, 2.24) is 0 Å². The third kappa shape index (κ3) is 5.65. The minimum Gasteiger partial charge on any atom is -0.352 e. The molecule has 152 valence electrons. The molecule has 0 aromatic heterocycles. The van der Waals surface area contributed by atoms with Gasteiger partial charge in [0, 0.05) is 11.8 Å². The number of ether oxygens (including phenoxy) is 2. The Labute approximate surface area is 168 Å². The van der Waals surface area contributed by atoms with E-state index in [1.54, 1.807) is 6.07 Å². The first kappa shape index (κ1) is 21.0. The van der Waals surface area contributed by atoms with Gasteiger partial charge in [0.2, 0.25) is 0 Å². The van der Waals surface area contributed by atoms with Crippen molar-refractivity contribution in [2.45, 2.75) is 70.5 Å². The van der Waals surface area contributed by atoms with Crippen molar-refractivity contribution < 1.29 is 13.9 Å². The number of nitrogens with zero attached hydrogens (tertiary/aromatic N) is 1. The molecule has 0 amide bonds. The quantitative estimate of drug-likeness (QED) is 0.421. The van der Waals surface area contributed by atoms with Gasteiger partial charge in [-0.05, 0) is 75.5 Å². The average Bonchev–Trinajstić information content (AvgIpc) is 2.74. The molecule has 1 saturated carbocycles. The van der Waals surface area contributed by atoms with E-state index >= 15 is 0 Å². The summed E-state index contributed by atoms with van der Waals surface area (Å²) in [6.07, 6.45) is 13.2. The topological polar surface area (TPSA) is 42.2 Å². The van der Waals surface area contributed by atoms with Crippen molar-refractivity contribution in [1.29, 1.82) is 5.26 Å². The van der Waals surface area contributed by atoms with Crippen LogP contribution < -0.4 is 0 Å². The predicted octanol–water partition coefficient (Wildman–Crippen LogP) is 6.10. The normalized spacial score (nSPS) is 28.3. The summed E-state index contributed by atoms with van der Waals surface area (Å²) < 4.78 is 26.0. The van der Waals surface area contributed by atoms with Gasteiger partial charge in [-0.15, -0.1) is 0 Å². The van der Waals surface area contributed by atoms with Crippen molar-refractivity contribution in [2.75, 3.05) is 13.2 Å². The van der Waals surface area contributed by atoms with Crippen LogP contribution in [-0.4, -0.2) is 19.5 Å². The van der Waals surface area contributed by atoms with Gasteiger partial charge in [0.25, 0.3) is 0 Å². The molecular weight excluding hydrogens is 353 g/mol. The minimum absolute atomic E-state index is 0.0714. The summed E-state index contributed by atoms with van der Waals surface area (Å²) in [7, 11) is 0. The van der Waals surface area contributed by atoms with E-state index in [-0.39, 0.29) is 11.9 Å². The Balaban J connectivity index is 1.39. The third-order valence-electron chi connectivity index (χ3n) is 6.20. The van der Waals surface area contributed by atoms with Crippen molar-refractivity contribution in [2.24, 2.45) is 11.8 Å². The summed E-state index contributed by atoms with van der Waals surface area (Å²) in [5.74, 6) is 0.930. The van der Waals surface area contributed by atoms with Crippen molar-refractivity contribution in [3.63, 3.8) is 0 Å². The zero-order valence-electron chi connectivity index (χ0n) is 16.9. The van der Waals surface area contributed by atoms with E-state index in [1.165, 1.54) is 31.7 Å². The van der Waals surface area contributed by atoms with Crippen LogP contribution in [0.15, 0.2) is 30.4 Å². The lowest BCUT2D eigenvalue weighted by molar-refractivity contribution is -0.229. The summed E-state index contributed by atoms with van der Waals surface area (Å²) in [6, 6.07) is 6.93. The van der Waals surface area contributed by atoms with E-state index in [2.05, 4.69) is 19.1 Å². The van der Waals surface area contributed by atoms with E-state index in [1.807, 2.05) is 12.1 Å². The highest BCUT2D eigenvalue weighted by Gasteiger charge is 2.32. The zero-order chi connectivity index (χ0) is 19.8. The smallest absolute Gasteiger partial charge is 0.160 e. The molecule has 1 aromatic rings. The maximum Gasteiger partial charge on any atom is 0.160 e. The Kier molecular flexibility index (Phi) is 8.06. The Hall–Kier alpha value is -1.70. The fraction of sp³-hybridized carbons (Fsp3) is 0.625. The van der Waals surface area contributed by atoms with Crippen LogP contribution in [0.1, 0.15) is 75.3 Å². The largest absolute Gasteiger partial charge is 0.352 e. The maximum atomic E-state index is 13.9. The number of halogens is 1. The molecule has 3 nitrogen and oxygen atoms in total. The third-order valence-corrected chi connectivity index (χ3v) is 6.20. The lowest BCUT2D eigenvalue weighted by Gasteiger charge is -2.37. The molecule has 2 fully saturated rings. The Morgan fingerprint density at radius 1 is 1.14 bits per heavy atom. The van der Waals surface area contributed by atoms with Crippen LogP contribution in [0.2, 0.25) is 0 Å². The van der Waals surface area contributed by atoms with Gasteiger partial charge >= 0.3 is 0 Å².